The number of likely N-dealkylation sites (tertiary alicyclic amines) is 1. The van der Waals surface area contributed by atoms with E-state index < -0.39 is 0 Å². The normalized spacial score (nSPS) is 19.3. The molecule has 5 heteroatoms. The van der Waals surface area contributed by atoms with Crippen molar-refractivity contribution in [2.24, 2.45) is 0 Å². The smallest absolute Gasteiger partial charge is 0.323 e. The molecule has 4 nitrogen and oxygen atoms in total. The Hall–Kier alpha value is -1.62. The van der Waals surface area contributed by atoms with Crippen molar-refractivity contribution in [2.45, 2.75) is 38.8 Å². The number of piperidine rings is 1. The lowest BCUT2D eigenvalue weighted by Gasteiger charge is -2.34. The van der Waals surface area contributed by atoms with Gasteiger partial charge in [0.2, 0.25) is 0 Å². The van der Waals surface area contributed by atoms with Gasteiger partial charge >= 0.3 is 5.97 Å². The molecule has 1 aliphatic heterocycles. The van der Waals surface area contributed by atoms with Crippen LogP contribution in [0.2, 0.25) is 0 Å². The Bertz CT molecular complexity index is 492. The van der Waals surface area contributed by atoms with E-state index in [0.717, 1.165) is 25.8 Å². The summed E-state index contributed by atoms with van der Waals surface area (Å²) < 4.78 is 24.2. The summed E-state index contributed by atoms with van der Waals surface area (Å²) in [7, 11) is 1.51. The monoisotopic (exact) mass is 295 g/mol. The molecule has 0 aliphatic carbocycles. The van der Waals surface area contributed by atoms with Crippen molar-refractivity contribution >= 4 is 5.97 Å². The second kappa shape index (κ2) is 7.41. The Kier molecular flexibility index (Phi) is 5.56. The number of esters is 1. The average molecular weight is 295 g/mol. The topological polar surface area (TPSA) is 38.8 Å². The minimum absolute atomic E-state index is 0.203. The van der Waals surface area contributed by atoms with Crippen molar-refractivity contribution in [1.82, 2.24) is 4.90 Å². The van der Waals surface area contributed by atoms with Crippen LogP contribution in [0.4, 0.5) is 4.39 Å². The summed E-state index contributed by atoms with van der Waals surface area (Å²) in [5, 5.41) is 0. The number of carbonyl (C=O) groups is 1. The van der Waals surface area contributed by atoms with Gasteiger partial charge in [0.25, 0.3) is 0 Å². The highest BCUT2D eigenvalue weighted by Crippen LogP contribution is 2.23. The lowest BCUT2D eigenvalue weighted by molar-refractivity contribution is -0.151. The largest absolute Gasteiger partial charge is 0.497 e. The molecule has 1 atom stereocenters. The van der Waals surface area contributed by atoms with Gasteiger partial charge in [-0.25, -0.2) is 4.39 Å². The number of carbonyl (C=O) groups excluding carboxylic acids is 1. The molecule has 1 aromatic rings. The maximum absolute atomic E-state index is 14.0. The summed E-state index contributed by atoms with van der Waals surface area (Å²) in [5.74, 6) is -0.00881. The van der Waals surface area contributed by atoms with Gasteiger partial charge in [-0.1, -0.05) is 12.5 Å². The Balaban J connectivity index is 2.10. The number of rotatable bonds is 5. The molecule has 0 spiro atoms. The lowest BCUT2D eigenvalue weighted by atomic mass is 10.0. The predicted octanol–water partition coefficient (Wildman–Crippen LogP) is 2.75. The SMILES string of the molecule is CCOC(=O)C1CCCCN1Cc1ccc(OC)cc1F. The average Bonchev–Trinajstić information content (AvgIpc) is 2.50. The van der Waals surface area contributed by atoms with Gasteiger partial charge in [-0.2, -0.15) is 0 Å². The fourth-order valence-corrected chi connectivity index (χ4v) is 2.69. The van der Waals surface area contributed by atoms with Gasteiger partial charge in [0.05, 0.1) is 13.7 Å². The van der Waals surface area contributed by atoms with Crippen LogP contribution < -0.4 is 4.74 Å². The van der Waals surface area contributed by atoms with Crippen LogP contribution >= 0.6 is 0 Å². The van der Waals surface area contributed by atoms with Gasteiger partial charge in [-0.3, -0.25) is 9.69 Å². The van der Waals surface area contributed by atoms with E-state index in [0.29, 0.717) is 24.5 Å². The summed E-state index contributed by atoms with van der Waals surface area (Å²) in [4.78, 5) is 14.0. The van der Waals surface area contributed by atoms with E-state index in [1.54, 1.807) is 19.1 Å². The summed E-state index contributed by atoms with van der Waals surface area (Å²) in [6, 6.07) is 4.56. The molecule has 0 N–H and O–H groups in total. The highest BCUT2D eigenvalue weighted by molar-refractivity contribution is 5.75. The highest BCUT2D eigenvalue weighted by Gasteiger charge is 2.30. The zero-order chi connectivity index (χ0) is 15.2. The summed E-state index contributed by atoms with van der Waals surface area (Å²) in [6.07, 6.45) is 2.80. The number of nitrogens with zero attached hydrogens (tertiary/aromatic N) is 1. The molecule has 21 heavy (non-hydrogen) atoms. The van der Waals surface area contributed by atoms with Gasteiger partial charge < -0.3 is 9.47 Å². The zero-order valence-electron chi connectivity index (χ0n) is 12.6. The fraction of sp³-hybridized carbons (Fsp3) is 0.562. The molecule has 0 bridgehead atoms. The van der Waals surface area contributed by atoms with Gasteiger partial charge in [-0.15, -0.1) is 0 Å². The molecule has 1 fully saturated rings. The van der Waals surface area contributed by atoms with E-state index in [1.807, 2.05) is 4.90 Å². The number of ether oxygens (including phenoxy) is 2. The van der Waals surface area contributed by atoms with Crippen molar-refractivity contribution in [3.8, 4) is 5.75 Å². The Labute approximate surface area is 124 Å². The number of hydrogen-bond donors (Lipinski definition) is 0. The first-order valence-electron chi connectivity index (χ1n) is 7.38. The summed E-state index contributed by atoms with van der Waals surface area (Å²) >= 11 is 0. The van der Waals surface area contributed by atoms with Crippen LogP contribution in [0.3, 0.4) is 0 Å². The summed E-state index contributed by atoms with van der Waals surface area (Å²) in [6.45, 7) is 3.38. The van der Waals surface area contributed by atoms with E-state index in [2.05, 4.69) is 0 Å². The number of methoxy groups -OCH3 is 1. The minimum atomic E-state index is -0.303. The molecule has 1 aliphatic rings. The second-order valence-corrected chi connectivity index (χ2v) is 5.19. The lowest BCUT2D eigenvalue weighted by Crippen LogP contribution is -2.45. The zero-order valence-corrected chi connectivity index (χ0v) is 12.6. The molecule has 1 aromatic carbocycles. The Morgan fingerprint density at radius 1 is 1.43 bits per heavy atom. The van der Waals surface area contributed by atoms with Crippen LogP contribution in [0.1, 0.15) is 31.7 Å². The van der Waals surface area contributed by atoms with Crippen molar-refractivity contribution in [3.05, 3.63) is 29.6 Å². The standard InChI is InChI=1S/C16H22FNO3/c1-3-21-16(19)15-6-4-5-9-18(15)11-12-7-8-13(20-2)10-14(12)17/h7-8,10,15H,3-6,9,11H2,1-2H3. The maximum atomic E-state index is 14.0. The highest BCUT2D eigenvalue weighted by atomic mass is 19.1. The van der Waals surface area contributed by atoms with Crippen molar-refractivity contribution in [2.75, 3.05) is 20.3 Å². The third-order valence-electron chi connectivity index (χ3n) is 3.81. The first-order chi connectivity index (χ1) is 10.2. The van der Waals surface area contributed by atoms with Crippen molar-refractivity contribution < 1.29 is 18.7 Å². The van der Waals surface area contributed by atoms with E-state index in [9.17, 15) is 9.18 Å². The van der Waals surface area contributed by atoms with Crippen LogP contribution in [0.5, 0.6) is 5.75 Å². The first-order valence-corrected chi connectivity index (χ1v) is 7.38. The van der Waals surface area contributed by atoms with Crippen molar-refractivity contribution in [3.63, 3.8) is 0 Å². The van der Waals surface area contributed by atoms with Gasteiger partial charge in [0, 0.05) is 18.2 Å². The van der Waals surface area contributed by atoms with Crippen LogP contribution in [0.15, 0.2) is 18.2 Å². The molecule has 0 amide bonds. The molecular weight excluding hydrogens is 273 g/mol. The van der Waals surface area contributed by atoms with E-state index in [1.165, 1.54) is 13.2 Å². The molecule has 0 aromatic heterocycles. The quantitative estimate of drug-likeness (QED) is 0.783. The fourth-order valence-electron chi connectivity index (χ4n) is 2.69. The van der Waals surface area contributed by atoms with Gasteiger partial charge in [0.15, 0.2) is 0 Å². The van der Waals surface area contributed by atoms with Crippen molar-refractivity contribution in [1.29, 1.82) is 0 Å². The molecule has 1 saturated heterocycles. The maximum Gasteiger partial charge on any atom is 0.323 e. The van der Waals surface area contributed by atoms with Crippen LogP contribution in [0.25, 0.3) is 0 Å². The molecule has 0 saturated carbocycles. The van der Waals surface area contributed by atoms with Crippen LogP contribution in [-0.4, -0.2) is 37.2 Å². The Morgan fingerprint density at radius 3 is 2.90 bits per heavy atom. The molecule has 0 radical (unpaired) electrons. The van der Waals surface area contributed by atoms with Gasteiger partial charge in [0.1, 0.15) is 17.6 Å². The van der Waals surface area contributed by atoms with E-state index >= 15 is 0 Å². The third kappa shape index (κ3) is 3.94. The number of benzene rings is 1. The number of hydrogen-bond acceptors (Lipinski definition) is 4. The first kappa shape index (κ1) is 15.8. The summed E-state index contributed by atoms with van der Waals surface area (Å²) in [5.41, 5.74) is 0.576. The second-order valence-electron chi connectivity index (χ2n) is 5.19. The van der Waals surface area contributed by atoms with Crippen LogP contribution in [-0.2, 0) is 16.1 Å². The van der Waals surface area contributed by atoms with Crippen LogP contribution in [0, 0.1) is 5.82 Å². The molecule has 1 heterocycles. The Morgan fingerprint density at radius 2 is 2.24 bits per heavy atom. The molecule has 1 unspecified atom stereocenters. The predicted molar refractivity (Wildman–Crippen MR) is 77.6 cm³/mol. The van der Waals surface area contributed by atoms with Gasteiger partial charge in [-0.05, 0) is 32.4 Å². The van der Waals surface area contributed by atoms with E-state index in [-0.39, 0.29) is 17.8 Å². The third-order valence-corrected chi connectivity index (χ3v) is 3.81. The molecule has 2 rings (SSSR count). The minimum Gasteiger partial charge on any atom is -0.497 e. The number of halogens is 1. The molecular formula is C16H22FNO3. The molecule has 116 valence electrons. The van der Waals surface area contributed by atoms with E-state index in [4.69, 9.17) is 9.47 Å².